The second kappa shape index (κ2) is 4.70. The fourth-order valence-electron chi connectivity index (χ4n) is 3.58. The van der Waals surface area contributed by atoms with E-state index in [-0.39, 0.29) is 0 Å². The molecule has 1 aromatic rings. The van der Waals surface area contributed by atoms with Gasteiger partial charge in [-0.2, -0.15) is 0 Å². The molecule has 1 amide bonds. The molecule has 1 N–H and O–H groups in total. The summed E-state index contributed by atoms with van der Waals surface area (Å²) in [5.41, 5.74) is 2.43. The van der Waals surface area contributed by atoms with Crippen molar-refractivity contribution in [2.75, 3.05) is 31.1 Å². The highest BCUT2D eigenvalue weighted by Gasteiger charge is 2.36. The maximum atomic E-state index is 11.8. The van der Waals surface area contributed by atoms with Crippen LogP contribution >= 0.6 is 0 Å². The standard InChI is InChI=1S/C14H19N5O/c20-13-2-1-10-8-18(5-6-19(10)13)14-11-7-15-4-3-12(11)16-9-17-14/h9-10,15H,1-8H2. The Balaban J connectivity index is 1.61. The summed E-state index contributed by atoms with van der Waals surface area (Å²) in [5.74, 6) is 1.39. The number of rotatable bonds is 1. The Hall–Kier alpha value is -1.69. The van der Waals surface area contributed by atoms with Gasteiger partial charge in [0.25, 0.3) is 0 Å². The number of anilines is 1. The van der Waals surface area contributed by atoms with Gasteiger partial charge in [-0.15, -0.1) is 0 Å². The fourth-order valence-corrected chi connectivity index (χ4v) is 3.58. The van der Waals surface area contributed by atoms with Crippen LogP contribution in [-0.2, 0) is 17.8 Å². The maximum absolute atomic E-state index is 11.8. The molecule has 3 aliphatic rings. The van der Waals surface area contributed by atoms with E-state index in [0.29, 0.717) is 18.4 Å². The highest BCUT2D eigenvalue weighted by molar-refractivity contribution is 5.79. The molecule has 20 heavy (non-hydrogen) atoms. The number of nitrogens with zero attached hydrogens (tertiary/aromatic N) is 4. The van der Waals surface area contributed by atoms with Crippen LogP contribution < -0.4 is 10.2 Å². The van der Waals surface area contributed by atoms with E-state index in [0.717, 1.165) is 51.4 Å². The van der Waals surface area contributed by atoms with Gasteiger partial charge in [-0.3, -0.25) is 4.79 Å². The first-order chi connectivity index (χ1) is 9.83. The largest absolute Gasteiger partial charge is 0.352 e. The van der Waals surface area contributed by atoms with Crippen molar-refractivity contribution in [3.63, 3.8) is 0 Å². The minimum atomic E-state index is 0.320. The molecular weight excluding hydrogens is 254 g/mol. The summed E-state index contributed by atoms with van der Waals surface area (Å²) >= 11 is 0. The van der Waals surface area contributed by atoms with Crippen LogP contribution in [0.25, 0.3) is 0 Å². The molecule has 0 saturated carbocycles. The van der Waals surface area contributed by atoms with E-state index in [9.17, 15) is 4.79 Å². The number of aromatic nitrogens is 2. The molecule has 0 radical (unpaired) electrons. The van der Waals surface area contributed by atoms with Crippen LogP contribution in [0.15, 0.2) is 6.33 Å². The average Bonchev–Trinajstić information content (AvgIpc) is 2.87. The molecule has 106 valence electrons. The van der Waals surface area contributed by atoms with E-state index < -0.39 is 0 Å². The van der Waals surface area contributed by atoms with Crippen molar-refractivity contribution in [2.45, 2.75) is 31.8 Å². The highest BCUT2D eigenvalue weighted by atomic mass is 16.2. The molecule has 6 heteroatoms. The molecule has 4 rings (SSSR count). The molecule has 1 atom stereocenters. The number of piperazine rings is 1. The summed E-state index contributed by atoms with van der Waals surface area (Å²) in [6.45, 7) is 4.47. The lowest BCUT2D eigenvalue weighted by Crippen LogP contribution is -2.52. The van der Waals surface area contributed by atoms with Crippen molar-refractivity contribution in [1.82, 2.24) is 20.2 Å². The minimum absolute atomic E-state index is 0.320. The Bertz CT molecular complexity index is 546. The number of carbonyl (C=O) groups is 1. The zero-order valence-electron chi connectivity index (χ0n) is 11.5. The fraction of sp³-hybridized carbons (Fsp3) is 0.643. The number of amides is 1. The molecule has 1 aromatic heterocycles. The van der Waals surface area contributed by atoms with Gasteiger partial charge in [0, 0.05) is 57.2 Å². The molecule has 0 bridgehead atoms. The lowest BCUT2D eigenvalue weighted by atomic mass is 10.1. The summed E-state index contributed by atoms with van der Waals surface area (Å²) in [7, 11) is 0. The Labute approximate surface area is 118 Å². The first-order valence-electron chi connectivity index (χ1n) is 7.41. The first kappa shape index (κ1) is 12.1. The predicted octanol–water partition coefficient (Wildman–Crippen LogP) is -0.0667. The van der Waals surface area contributed by atoms with Gasteiger partial charge >= 0.3 is 0 Å². The van der Waals surface area contributed by atoms with Crippen LogP contribution in [0.1, 0.15) is 24.1 Å². The smallest absolute Gasteiger partial charge is 0.223 e. The van der Waals surface area contributed by atoms with E-state index >= 15 is 0 Å². The van der Waals surface area contributed by atoms with Crippen LogP contribution in [0.4, 0.5) is 5.82 Å². The van der Waals surface area contributed by atoms with Gasteiger partial charge in [-0.05, 0) is 6.42 Å². The molecule has 3 aliphatic heterocycles. The average molecular weight is 273 g/mol. The summed E-state index contributed by atoms with van der Waals surface area (Å²) < 4.78 is 0. The predicted molar refractivity (Wildman–Crippen MR) is 74.4 cm³/mol. The van der Waals surface area contributed by atoms with E-state index in [1.807, 2.05) is 4.90 Å². The molecule has 1 unspecified atom stereocenters. The van der Waals surface area contributed by atoms with Crippen LogP contribution in [0.5, 0.6) is 0 Å². The number of hydrogen-bond donors (Lipinski definition) is 1. The second-order valence-corrected chi connectivity index (χ2v) is 5.77. The van der Waals surface area contributed by atoms with Gasteiger partial charge < -0.3 is 15.1 Å². The minimum Gasteiger partial charge on any atom is -0.352 e. The molecule has 0 aliphatic carbocycles. The summed E-state index contributed by atoms with van der Waals surface area (Å²) in [6, 6.07) is 0.374. The molecule has 0 spiro atoms. The Morgan fingerprint density at radius 1 is 1.25 bits per heavy atom. The Morgan fingerprint density at radius 3 is 3.15 bits per heavy atom. The van der Waals surface area contributed by atoms with E-state index in [2.05, 4.69) is 20.2 Å². The third-order valence-corrected chi connectivity index (χ3v) is 4.65. The van der Waals surface area contributed by atoms with Crippen LogP contribution in [0, 0.1) is 0 Å². The lowest BCUT2D eigenvalue weighted by molar-refractivity contribution is -0.129. The van der Waals surface area contributed by atoms with Crippen LogP contribution in [0.2, 0.25) is 0 Å². The first-order valence-corrected chi connectivity index (χ1v) is 7.41. The van der Waals surface area contributed by atoms with Crippen LogP contribution in [0.3, 0.4) is 0 Å². The normalized spacial score (nSPS) is 25.6. The molecular formula is C14H19N5O. The van der Waals surface area contributed by atoms with Crippen molar-refractivity contribution >= 4 is 11.7 Å². The quantitative estimate of drug-likeness (QED) is 0.776. The zero-order chi connectivity index (χ0) is 13.5. The third-order valence-electron chi connectivity index (χ3n) is 4.65. The van der Waals surface area contributed by atoms with E-state index in [1.54, 1.807) is 6.33 Å². The van der Waals surface area contributed by atoms with Gasteiger partial charge in [0.1, 0.15) is 12.1 Å². The molecule has 0 aromatic carbocycles. The second-order valence-electron chi connectivity index (χ2n) is 5.77. The summed E-state index contributed by atoms with van der Waals surface area (Å²) in [6.07, 6.45) is 4.36. The summed E-state index contributed by atoms with van der Waals surface area (Å²) in [4.78, 5) is 25.1. The maximum Gasteiger partial charge on any atom is 0.223 e. The molecule has 4 heterocycles. The molecule has 2 saturated heterocycles. The lowest BCUT2D eigenvalue weighted by Gasteiger charge is -2.39. The summed E-state index contributed by atoms with van der Waals surface area (Å²) in [5, 5.41) is 3.40. The van der Waals surface area contributed by atoms with E-state index in [4.69, 9.17) is 0 Å². The topological polar surface area (TPSA) is 61.4 Å². The molecule has 2 fully saturated rings. The van der Waals surface area contributed by atoms with Gasteiger partial charge in [0.15, 0.2) is 0 Å². The van der Waals surface area contributed by atoms with Crippen molar-refractivity contribution in [3.05, 3.63) is 17.6 Å². The van der Waals surface area contributed by atoms with Gasteiger partial charge in [0.2, 0.25) is 5.91 Å². The van der Waals surface area contributed by atoms with E-state index in [1.165, 1.54) is 11.3 Å². The van der Waals surface area contributed by atoms with Crippen molar-refractivity contribution in [2.24, 2.45) is 0 Å². The Morgan fingerprint density at radius 2 is 2.20 bits per heavy atom. The molecule has 6 nitrogen and oxygen atoms in total. The van der Waals surface area contributed by atoms with Gasteiger partial charge in [-0.25, -0.2) is 9.97 Å². The number of nitrogens with one attached hydrogen (secondary N) is 1. The van der Waals surface area contributed by atoms with Gasteiger partial charge in [-0.1, -0.05) is 0 Å². The van der Waals surface area contributed by atoms with Crippen molar-refractivity contribution < 1.29 is 4.79 Å². The third kappa shape index (κ3) is 1.86. The number of hydrogen-bond acceptors (Lipinski definition) is 5. The highest BCUT2D eigenvalue weighted by Crippen LogP contribution is 2.28. The van der Waals surface area contributed by atoms with Gasteiger partial charge in [0.05, 0.1) is 5.69 Å². The zero-order valence-corrected chi connectivity index (χ0v) is 11.5. The Kier molecular flexibility index (Phi) is 2.84. The van der Waals surface area contributed by atoms with Crippen molar-refractivity contribution in [3.8, 4) is 0 Å². The van der Waals surface area contributed by atoms with Crippen molar-refractivity contribution in [1.29, 1.82) is 0 Å². The van der Waals surface area contributed by atoms with Crippen LogP contribution in [-0.4, -0.2) is 53.0 Å². The number of fused-ring (bicyclic) bond motifs is 2. The monoisotopic (exact) mass is 273 g/mol. The number of carbonyl (C=O) groups excluding carboxylic acids is 1. The SMILES string of the molecule is O=C1CCC2CN(c3ncnc4c3CNCC4)CCN12.